The molecule has 116 valence electrons. The quantitative estimate of drug-likeness (QED) is 0.945. The van der Waals surface area contributed by atoms with E-state index in [0.717, 1.165) is 17.9 Å². The van der Waals surface area contributed by atoms with Gasteiger partial charge < -0.3 is 14.5 Å². The summed E-state index contributed by atoms with van der Waals surface area (Å²) in [7, 11) is 0. The smallest absolute Gasteiger partial charge is 0.274 e. The predicted molar refractivity (Wildman–Crippen MR) is 82.7 cm³/mol. The molecule has 2 fully saturated rings. The molecule has 1 saturated heterocycles. The number of nitrogens with zero attached hydrogens (tertiary/aromatic N) is 1. The van der Waals surface area contributed by atoms with Gasteiger partial charge in [0.1, 0.15) is 0 Å². The summed E-state index contributed by atoms with van der Waals surface area (Å²) in [6.07, 6.45) is 2.60. The molecule has 3 atom stereocenters. The fourth-order valence-corrected chi connectivity index (χ4v) is 4.53. The van der Waals surface area contributed by atoms with E-state index in [4.69, 9.17) is 9.15 Å². The number of ether oxygens (including phenoxy) is 1. The Morgan fingerprint density at radius 2 is 2.36 bits per heavy atom. The van der Waals surface area contributed by atoms with E-state index in [-0.39, 0.29) is 23.5 Å². The number of hydrogen-bond donors (Lipinski definition) is 1. The number of thiophene rings is 1. The molecule has 22 heavy (non-hydrogen) atoms. The Kier molecular flexibility index (Phi) is 3.13. The minimum Gasteiger partial charge on any atom is -0.442 e. The molecule has 0 aromatic carbocycles. The van der Waals surface area contributed by atoms with Crippen LogP contribution >= 0.6 is 11.3 Å². The van der Waals surface area contributed by atoms with Crippen molar-refractivity contribution >= 4 is 17.2 Å². The van der Waals surface area contributed by atoms with Gasteiger partial charge in [0.05, 0.1) is 11.0 Å². The molecule has 3 heterocycles. The summed E-state index contributed by atoms with van der Waals surface area (Å²) in [6, 6.07) is 3.98. The number of oxazole rings is 1. The van der Waals surface area contributed by atoms with Gasteiger partial charge in [-0.1, -0.05) is 19.9 Å². The van der Waals surface area contributed by atoms with Gasteiger partial charge in [-0.2, -0.15) is 0 Å². The molecule has 4 rings (SSSR count). The predicted octanol–water partition coefficient (Wildman–Crippen LogP) is 2.95. The van der Waals surface area contributed by atoms with Gasteiger partial charge in [-0.25, -0.2) is 4.98 Å². The summed E-state index contributed by atoms with van der Waals surface area (Å²) < 4.78 is 11.2. The largest absolute Gasteiger partial charge is 0.442 e. The van der Waals surface area contributed by atoms with Crippen molar-refractivity contribution in [2.45, 2.75) is 32.4 Å². The van der Waals surface area contributed by atoms with Crippen molar-refractivity contribution in [1.29, 1.82) is 0 Å². The lowest BCUT2D eigenvalue weighted by molar-refractivity contribution is -0.108. The van der Waals surface area contributed by atoms with Gasteiger partial charge in [0.25, 0.3) is 5.91 Å². The Bertz CT molecular complexity index is 692. The van der Waals surface area contributed by atoms with Crippen LogP contribution in [-0.2, 0) is 4.74 Å². The number of amides is 1. The Hall–Kier alpha value is -1.66. The highest BCUT2D eigenvalue weighted by molar-refractivity contribution is 7.13. The molecule has 1 saturated carbocycles. The van der Waals surface area contributed by atoms with Gasteiger partial charge in [0.2, 0.25) is 0 Å². The molecule has 1 N–H and O–H groups in total. The van der Waals surface area contributed by atoms with Crippen LogP contribution in [0.2, 0.25) is 0 Å². The zero-order chi connectivity index (χ0) is 15.3. The van der Waals surface area contributed by atoms with E-state index >= 15 is 0 Å². The number of fused-ring (bicyclic) bond motifs is 1. The molecule has 5 nitrogen and oxygen atoms in total. The minimum atomic E-state index is -0.166. The van der Waals surface area contributed by atoms with Gasteiger partial charge in [-0.15, -0.1) is 11.3 Å². The second kappa shape index (κ2) is 4.93. The van der Waals surface area contributed by atoms with E-state index in [0.29, 0.717) is 17.4 Å². The van der Waals surface area contributed by atoms with E-state index < -0.39 is 0 Å². The van der Waals surface area contributed by atoms with Gasteiger partial charge in [-0.05, 0) is 17.9 Å². The third-order valence-corrected chi connectivity index (χ3v) is 5.78. The van der Waals surface area contributed by atoms with Crippen LogP contribution in [0, 0.1) is 11.3 Å². The van der Waals surface area contributed by atoms with E-state index in [1.807, 2.05) is 17.5 Å². The molecule has 2 aromatic rings. The van der Waals surface area contributed by atoms with Crippen molar-refractivity contribution in [3.05, 3.63) is 29.6 Å². The topological polar surface area (TPSA) is 64.4 Å². The third kappa shape index (κ3) is 1.94. The fourth-order valence-electron chi connectivity index (χ4n) is 3.82. The van der Waals surface area contributed by atoms with Gasteiger partial charge in [0.15, 0.2) is 17.8 Å². The first-order valence-electron chi connectivity index (χ1n) is 7.49. The van der Waals surface area contributed by atoms with Crippen LogP contribution in [0.5, 0.6) is 0 Å². The summed E-state index contributed by atoms with van der Waals surface area (Å²) in [5, 5.41) is 5.10. The van der Waals surface area contributed by atoms with Gasteiger partial charge in [0, 0.05) is 24.0 Å². The van der Waals surface area contributed by atoms with Gasteiger partial charge in [-0.3, -0.25) is 4.79 Å². The van der Waals surface area contributed by atoms with Crippen LogP contribution in [0.4, 0.5) is 0 Å². The highest BCUT2D eigenvalue weighted by Gasteiger charge is 2.59. The van der Waals surface area contributed by atoms with Crippen LogP contribution < -0.4 is 5.32 Å². The summed E-state index contributed by atoms with van der Waals surface area (Å²) in [5.74, 6) is 0.792. The molecule has 0 unspecified atom stereocenters. The highest BCUT2D eigenvalue weighted by Crippen LogP contribution is 2.52. The summed E-state index contributed by atoms with van der Waals surface area (Å²) in [5.41, 5.74) is 0.324. The van der Waals surface area contributed by atoms with Crippen LogP contribution in [0.3, 0.4) is 0 Å². The number of carbonyl (C=O) groups excluding carboxylic acids is 1. The third-order valence-electron chi connectivity index (χ3n) is 4.91. The standard InChI is InChI=1S/C16H18N2O3S/c1-16(2)13(9-5-6-20-14(9)16)18-15(19)11-12(21-8-17-11)10-4-3-7-22-10/h3-4,7-9,13-14H,5-6H2,1-2H3,(H,18,19)/t9-,13+,14-/m0/s1. The van der Waals surface area contributed by atoms with Crippen molar-refractivity contribution in [2.24, 2.45) is 11.3 Å². The second-order valence-corrected chi connectivity index (χ2v) is 7.47. The molecule has 2 aromatic heterocycles. The molecule has 1 amide bonds. The Labute approximate surface area is 132 Å². The molecule has 0 bridgehead atoms. The molecule has 0 spiro atoms. The highest BCUT2D eigenvalue weighted by atomic mass is 32.1. The van der Waals surface area contributed by atoms with Crippen molar-refractivity contribution in [1.82, 2.24) is 10.3 Å². The average molecular weight is 318 g/mol. The molecule has 2 aliphatic rings. The summed E-state index contributed by atoms with van der Waals surface area (Å²) >= 11 is 1.53. The molecular weight excluding hydrogens is 300 g/mol. The Balaban J connectivity index is 1.55. The lowest BCUT2D eigenvalue weighted by atomic mass is 9.57. The van der Waals surface area contributed by atoms with Crippen molar-refractivity contribution in [3.63, 3.8) is 0 Å². The zero-order valence-electron chi connectivity index (χ0n) is 12.5. The average Bonchev–Trinajstić information content (AvgIpc) is 3.22. The van der Waals surface area contributed by atoms with Gasteiger partial charge >= 0.3 is 0 Å². The molecule has 6 heteroatoms. The SMILES string of the molecule is CC1(C)[C@H](NC(=O)c2ncoc2-c2cccs2)[C@@H]2CCO[C@@H]21. The first-order valence-corrected chi connectivity index (χ1v) is 8.37. The summed E-state index contributed by atoms with van der Waals surface area (Å²) in [6.45, 7) is 5.08. The van der Waals surface area contributed by atoms with Crippen molar-refractivity contribution < 1.29 is 13.9 Å². The van der Waals surface area contributed by atoms with E-state index in [2.05, 4.69) is 24.1 Å². The number of aromatic nitrogens is 1. The maximum Gasteiger partial charge on any atom is 0.274 e. The van der Waals surface area contributed by atoms with Crippen LogP contribution in [-0.4, -0.2) is 29.6 Å². The van der Waals surface area contributed by atoms with E-state index in [1.54, 1.807) is 0 Å². The van der Waals surface area contributed by atoms with E-state index in [9.17, 15) is 4.79 Å². The van der Waals surface area contributed by atoms with Crippen LogP contribution in [0.25, 0.3) is 10.6 Å². The molecule has 1 aliphatic heterocycles. The fraction of sp³-hybridized carbons (Fsp3) is 0.500. The number of nitrogens with one attached hydrogen (secondary N) is 1. The monoisotopic (exact) mass is 318 g/mol. The Morgan fingerprint density at radius 3 is 3.14 bits per heavy atom. The van der Waals surface area contributed by atoms with Crippen molar-refractivity contribution in [3.8, 4) is 10.6 Å². The molecule has 0 radical (unpaired) electrons. The number of carbonyl (C=O) groups is 1. The van der Waals surface area contributed by atoms with Crippen LogP contribution in [0.1, 0.15) is 30.8 Å². The lowest BCUT2D eigenvalue weighted by Gasteiger charge is -2.54. The first kappa shape index (κ1) is 14.0. The maximum atomic E-state index is 12.6. The normalized spacial score (nSPS) is 28.9. The minimum absolute atomic E-state index is 0.0380. The lowest BCUT2D eigenvalue weighted by Crippen LogP contribution is -2.66. The molecule has 1 aliphatic carbocycles. The Morgan fingerprint density at radius 1 is 1.50 bits per heavy atom. The zero-order valence-corrected chi connectivity index (χ0v) is 13.4. The summed E-state index contributed by atoms with van der Waals surface area (Å²) in [4.78, 5) is 17.7. The van der Waals surface area contributed by atoms with E-state index in [1.165, 1.54) is 17.7 Å². The number of rotatable bonds is 3. The molecular formula is C16H18N2O3S. The second-order valence-electron chi connectivity index (χ2n) is 6.52. The maximum absolute atomic E-state index is 12.6. The first-order chi connectivity index (χ1) is 10.6. The number of hydrogen-bond acceptors (Lipinski definition) is 5. The van der Waals surface area contributed by atoms with Crippen molar-refractivity contribution in [2.75, 3.05) is 6.61 Å². The van der Waals surface area contributed by atoms with Crippen LogP contribution in [0.15, 0.2) is 28.3 Å².